The second-order valence-corrected chi connectivity index (χ2v) is 8.15. The van der Waals surface area contributed by atoms with E-state index < -0.39 is 0 Å². The Morgan fingerprint density at radius 3 is 2.36 bits per heavy atom. The Hall–Kier alpha value is -1.83. The number of pyridine rings is 1. The third kappa shape index (κ3) is 2.51. The number of nitrogens with zero attached hydrogens (tertiary/aromatic N) is 1. The molecule has 116 valence electrons. The van der Waals surface area contributed by atoms with Gasteiger partial charge in [-0.2, -0.15) is 0 Å². The minimum Gasteiger partial charge on any atom is -0.487 e. The summed E-state index contributed by atoms with van der Waals surface area (Å²) in [5.74, 6) is 0.927. The molecule has 1 aliphatic heterocycles. The molecule has 0 spiro atoms. The number of hydrogen-bond donors (Lipinski definition) is 0. The fourth-order valence-electron chi connectivity index (χ4n) is 2.88. The zero-order valence-electron chi connectivity index (χ0n) is 14.4. The summed E-state index contributed by atoms with van der Waals surface area (Å²) in [6, 6.07) is 6.60. The molecule has 0 bridgehead atoms. The van der Waals surface area contributed by atoms with Crippen molar-refractivity contribution >= 4 is 17.0 Å². The van der Waals surface area contributed by atoms with E-state index >= 15 is 0 Å². The lowest BCUT2D eigenvalue weighted by molar-refractivity contribution is 0.362. The molecule has 0 atom stereocenters. The van der Waals surface area contributed by atoms with Crippen molar-refractivity contribution in [1.82, 2.24) is 4.98 Å². The number of rotatable bonds is 0. The average Bonchev–Trinajstić information content (AvgIpc) is 2.44. The van der Waals surface area contributed by atoms with Crippen LogP contribution in [0.15, 0.2) is 24.3 Å². The highest BCUT2D eigenvalue weighted by atomic mass is 16.5. The molecule has 0 amide bonds. The van der Waals surface area contributed by atoms with Crippen LogP contribution in [-0.4, -0.2) is 11.6 Å². The number of hydrogen-bond acceptors (Lipinski definition) is 2. The van der Waals surface area contributed by atoms with Crippen molar-refractivity contribution in [3.63, 3.8) is 0 Å². The maximum Gasteiger partial charge on any atom is 0.153 e. The molecule has 0 radical (unpaired) electrons. The van der Waals surface area contributed by atoms with E-state index in [0.29, 0.717) is 6.61 Å². The molecule has 2 nitrogen and oxygen atoms in total. The molecule has 2 heteroatoms. The van der Waals surface area contributed by atoms with Gasteiger partial charge in [0, 0.05) is 22.1 Å². The molecule has 0 N–H and O–H groups in total. The third-order valence-corrected chi connectivity index (χ3v) is 4.16. The second kappa shape index (κ2) is 4.84. The molecule has 1 aliphatic rings. The first-order valence-corrected chi connectivity index (χ1v) is 7.96. The fourth-order valence-corrected chi connectivity index (χ4v) is 2.88. The van der Waals surface area contributed by atoms with Crippen molar-refractivity contribution in [2.24, 2.45) is 0 Å². The zero-order valence-corrected chi connectivity index (χ0v) is 14.4. The predicted octanol–water partition coefficient (Wildman–Crippen LogP) is 5.24. The van der Waals surface area contributed by atoms with Crippen molar-refractivity contribution in [3.8, 4) is 5.75 Å². The van der Waals surface area contributed by atoms with Crippen LogP contribution in [0.4, 0.5) is 0 Å². The van der Waals surface area contributed by atoms with Crippen LogP contribution in [0, 0.1) is 0 Å². The first-order valence-electron chi connectivity index (χ1n) is 7.96. The zero-order chi connectivity index (χ0) is 16.1. The van der Waals surface area contributed by atoms with Crippen LogP contribution in [0.3, 0.4) is 0 Å². The molecule has 0 unspecified atom stereocenters. The van der Waals surface area contributed by atoms with E-state index in [-0.39, 0.29) is 10.8 Å². The number of fused-ring (bicyclic) bond motifs is 3. The van der Waals surface area contributed by atoms with Gasteiger partial charge in [-0.1, -0.05) is 59.8 Å². The van der Waals surface area contributed by atoms with Gasteiger partial charge >= 0.3 is 0 Å². The molecule has 3 rings (SSSR count). The lowest BCUT2D eigenvalue weighted by Gasteiger charge is -2.27. The Morgan fingerprint density at radius 1 is 1.00 bits per heavy atom. The fraction of sp³-hybridized carbons (Fsp3) is 0.450. The Morgan fingerprint density at radius 2 is 1.73 bits per heavy atom. The van der Waals surface area contributed by atoms with Gasteiger partial charge in [-0.05, 0) is 23.1 Å². The van der Waals surface area contributed by atoms with E-state index in [4.69, 9.17) is 9.72 Å². The van der Waals surface area contributed by atoms with Gasteiger partial charge in [0.15, 0.2) is 5.75 Å². The first-order chi connectivity index (χ1) is 10.2. The molecule has 2 aromatic rings. The predicted molar refractivity (Wildman–Crippen MR) is 93.7 cm³/mol. The highest BCUT2D eigenvalue weighted by molar-refractivity contribution is 5.92. The van der Waals surface area contributed by atoms with Crippen molar-refractivity contribution in [2.45, 2.75) is 52.4 Å². The van der Waals surface area contributed by atoms with E-state index in [1.807, 2.05) is 6.08 Å². The second-order valence-electron chi connectivity index (χ2n) is 8.15. The summed E-state index contributed by atoms with van der Waals surface area (Å²) in [6.45, 7) is 14.0. The van der Waals surface area contributed by atoms with Crippen LogP contribution in [0.2, 0.25) is 0 Å². The van der Waals surface area contributed by atoms with Gasteiger partial charge in [0.05, 0.1) is 0 Å². The Kier molecular flexibility index (Phi) is 3.32. The highest BCUT2D eigenvalue weighted by Gasteiger charge is 2.25. The minimum atomic E-state index is 0.0153. The number of ether oxygens (including phenoxy) is 1. The monoisotopic (exact) mass is 295 g/mol. The molecule has 2 heterocycles. The molecular weight excluding hydrogens is 270 g/mol. The Balaban J connectivity index is 2.41. The molecule has 1 aromatic carbocycles. The van der Waals surface area contributed by atoms with Gasteiger partial charge in [-0.25, -0.2) is 4.98 Å². The molecule has 0 fully saturated rings. The van der Waals surface area contributed by atoms with Gasteiger partial charge in [-0.3, -0.25) is 0 Å². The summed E-state index contributed by atoms with van der Waals surface area (Å²) in [4.78, 5) is 4.98. The van der Waals surface area contributed by atoms with Gasteiger partial charge in [0.25, 0.3) is 0 Å². The summed E-state index contributed by atoms with van der Waals surface area (Å²) in [6.07, 6.45) is 4.17. The number of aromatic nitrogens is 1. The molecule has 0 saturated carbocycles. The van der Waals surface area contributed by atoms with Crippen LogP contribution in [0.5, 0.6) is 5.75 Å². The van der Waals surface area contributed by atoms with Crippen molar-refractivity contribution in [2.75, 3.05) is 6.61 Å². The molecular formula is C20H25NO. The van der Waals surface area contributed by atoms with E-state index in [1.165, 1.54) is 10.9 Å². The van der Waals surface area contributed by atoms with Crippen LogP contribution in [0.1, 0.15) is 58.4 Å². The smallest absolute Gasteiger partial charge is 0.153 e. The average molecular weight is 295 g/mol. The summed E-state index contributed by atoms with van der Waals surface area (Å²) < 4.78 is 5.92. The number of benzene rings is 1. The van der Waals surface area contributed by atoms with Gasteiger partial charge in [0.2, 0.25) is 0 Å². The van der Waals surface area contributed by atoms with Crippen LogP contribution in [-0.2, 0) is 10.8 Å². The molecule has 0 aliphatic carbocycles. The van der Waals surface area contributed by atoms with Crippen molar-refractivity contribution in [1.29, 1.82) is 0 Å². The van der Waals surface area contributed by atoms with E-state index in [0.717, 1.165) is 22.5 Å². The summed E-state index contributed by atoms with van der Waals surface area (Å²) in [7, 11) is 0. The highest BCUT2D eigenvalue weighted by Crippen LogP contribution is 2.39. The largest absolute Gasteiger partial charge is 0.487 e. The third-order valence-electron chi connectivity index (χ3n) is 4.16. The molecule has 1 aromatic heterocycles. The summed E-state index contributed by atoms with van der Waals surface area (Å²) in [5, 5.41) is 1.20. The summed E-state index contributed by atoms with van der Waals surface area (Å²) in [5.41, 5.74) is 4.66. The maximum atomic E-state index is 5.92. The van der Waals surface area contributed by atoms with E-state index in [2.05, 4.69) is 65.8 Å². The quantitative estimate of drug-likeness (QED) is 0.663. The van der Waals surface area contributed by atoms with E-state index in [9.17, 15) is 0 Å². The van der Waals surface area contributed by atoms with Crippen LogP contribution in [0.25, 0.3) is 17.0 Å². The maximum absolute atomic E-state index is 5.92. The van der Waals surface area contributed by atoms with E-state index in [1.54, 1.807) is 0 Å². The lowest BCUT2D eigenvalue weighted by Crippen LogP contribution is -2.19. The Labute approximate surface area is 133 Å². The van der Waals surface area contributed by atoms with Crippen molar-refractivity contribution in [3.05, 3.63) is 41.1 Å². The lowest BCUT2D eigenvalue weighted by atomic mass is 9.81. The minimum absolute atomic E-state index is 0.0153. The summed E-state index contributed by atoms with van der Waals surface area (Å²) >= 11 is 0. The topological polar surface area (TPSA) is 22.1 Å². The molecule has 0 saturated heterocycles. The molecule has 22 heavy (non-hydrogen) atoms. The standard InChI is InChI=1S/C20H25NO/c1-19(2,3)15-12-16(20(4,5)6)21-17-14(15)10-9-13-8-7-11-22-18(13)17/h7-10,12H,11H2,1-6H3. The first kappa shape index (κ1) is 15.1. The SMILES string of the molecule is CC(C)(C)c1cc(C(C)(C)C)c2ccc3c(c2n1)OCC=C3. The van der Waals surface area contributed by atoms with Gasteiger partial charge in [-0.15, -0.1) is 0 Å². The van der Waals surface area contributed by atoms with Gasteiger partial charge in [0.1, 0.15) is 12.1 Å². The normalized spacial score (nSPS) is 14.8. The van der Waals surface area contributed by atoms with Gasteiger partial charge < -0.3 is 4.74 Å². The van der Waals surface area contributed by atoms with Crippen molar-refractivity contribution < 1.29 is 4.74 Å². The van der Waals surface area contributed by atoms with Crippen LogP contribution >= 0.6 is 0 Å². The van der Waals surface area contributed by atoms with Crippen LogP contribution < -0.4 is 4.74 Å². The Bertz CT molecular complexity index is 758.